The van der Waals surface area contributed by atoms with Gasteiger partial charge in [0.1, 0.15) is 0 Å². The normalized spacial score (nSPS) is 9.33. The molecule has 124 valence electrons. The lowest BCUT2D eigenvalue weighted by Crippen LogP contribution is -2.28. The SMILES string of the molecule is C=CC(=O)O.C=CC(=O)O.CCCCC(CC)(CO)CO. The Bertz CT molecular complexity index is 268. The first kappa shape index (κ1) is 24.4. The maximum absolute atomic E-state index is 9.25. The van der Waals surface area contributed by atoms with Crippen molar-refractivity contribution in [1.82, 2.24) is 0 Å². The number of aliphatic hydroxyl groups is 2. The first-order valence-electron chi connectivity index (χ1n) is 6.71. The molecular formula is C15H28O6. The van der Waals surface area contributed by atoms with E-state index in [2.05, 4.69) is 20.1 Å². The number of unbranched alkanes of at least 4 members (excludes halogenated alkanes) is 1. The standard InChI is InChI=1S/C9H20O2.2C3H4O2/c1-3-5-6-9(4-2,7-10)8-11;2*1-2-3(4)5/h10-11H,3-8H2,1-2H3;2*2H,1H2,(H,4,5). The third-order valence-corrected chi connectivity index (χ3v) is 2.83. The van der Waals surface area contributed by atoms with E-state index in [1.807, 2.05) is 6.92 Å². The second-order valence-electron chi connectivity index (χ2n) is 4.36. The highest BCUT2D eigenvalue weighted by Crippen LogP contribution is 2.27. The molecule has 0 amide bonds. The monoisotopic (exact) mass is 304 g/mol. The Hall–Kier alpha value is -1.66. The fourth-order valence-electron chi connectivity index (χ4n) is 1.16. The molecule has 0 bridgehead atoms. The Morgan fingerprint density at radius 2 is 1.33 bits per heavy atom. The van der Waals surface area contributed by atoms with Gasteiger partial charge in [-0.05, 0) is 12.8 Å². The lowest BCUT2D eigenvalue weighted by molar-refractivity contribution is -0.132. The van der Waals surface area contributed by atoms with Crippen LogP contribution in [-0.4, -0.2) is 45.6 Å². The molecule has 6 nitrogen and oxygen atoms in total. The van der Waals surface area contributed by atoms with Crippen molar-refractivity contribution in [3.8, 4) is 0 Å². The number of hydrogen-bond donors (Lipinski definition) is 4. The number of carbonyl (C=O) groups is 2. The van der Waals surface area contributed by atoms with E-state index in [0.29, 0.717) is 0 Å². The van der Waals surface area contributed by atoms with Crippen LogP contribution in [0.4, 0.5) is 0 Å². The van der Waals surface area contributed by atoms with E-state index >= 15 is 0 Å². The molecule has 0 aromatic carbocycles. The summed E-state index contributed by atoms with van der Waals surface area (Å²) in [5, 5.41) is 33.3. The molecule has 0 saturated carbocycles. The molecule has 0 aromatic rings. The predicted molar refractivity (Wildman–Crippen MR) is 82.1 cm³/mol. The first-order chi connectivity index (χ1) is 9.78. The van der Waals surface area contributed by atoms with Crippen LogP contribution in [0.5, 0.6) is 0 Å². The van der Waals surface area contributed by atoms with Crippen molar-refractivity contribution in [2.75, 3.05) is 13.2 Å². The summed E-state index contributed by atoms with van der Waals surface area (Å²) in [5.41, 5.74) is -0.212. The van der Waals surface area contributed by atoms with Crippen LogP contribution in [0.2, 0.25) is 0 Å². The minimum Gasteiger partial charge on any atom is -0.478 e. The second-order valence-corrected chi connectivity index (χ2v) is 4.36. The van der Waals surface area contributed by atoms with E-state index < -0.39 is 11.9 Å². The smallest absolute Gasteiger partial charge is 0.327 e. The molecule has 0 radical (unpaired) electrons. The maximum Gasteiger partial charge on any atom is 0.327 e. The number of rotatable bonds is 8. The van der Waals surface area contributed by atoms with Crippen molar-refractivity contribution in [1.29, 1.82) is 0 Å². The summed E-state index contributed by atoms with van der Waals surface area (Å²) in [7, 11) is 0. The zero-order chi connectivity index (χ0) is 17.3. The lowest BCUT2D eigenvalue weighted by atomic mass is 9.82. The Balaban J connectivity index is -0.000000270. The molecule has 0 aliphatic carbocycles. The summed E-state index contributed by atoms with van der Waals surface area (Å²) in [4.78, 5) is 18.5. The van der Waals surface area contributed by atoms with E-state index in [1.165, 1.54) is 0 Å². The van der Waals surface area contributed by atoms with Crippen LogP contribution in [-0.2, 0) is 9.59 Å². The van der Waals surface area contributed by atoms with Gasteiger partial charge in [-0.2, -0.15) is 0 Å². The molecule has 0 aliphatic heterocycles. The Morgan fingerprint density at radius 1 is 1.00 bits per heavy atom. The fraction of sp³-hybridized carbons (Fsp3) is 0.600. The summed E-state index contributed by atoms with van der Waals surface area (Å²) in [6.07, 6.45) is 5.68. The number of hydrogen-bond acceptors (Lipinski definition) is 4. The molecule has 0 fully saturated rings. The van der Waals surface area contributed by atoms with Crippen LogP contribution in [0.15, 0.2) is 25.3 Å². The molecule has 0 saturated heterocycles. The van der Waals surface area contributed by atoms with E-state index in [9.17, 15) is 9.59 Å². The van der Waals surface area contributed by atoms with Gasteiger partial charge in [-0.25, -0.2) is 9.59 Å². The Labute approximate surface area is 126 Å². The molecule has 0 heterocycles. The molecular weight excluding hydrogens is 276 g/mol. The topological polar surface area (TPSA) is 115 Å². The van der Waals surface area contributed by atoms with Gasteiger partial charge in [0.2, 0.25) is 0 Å². The van der Waals surface area contributed by atoms with Crippen molar-refractivity contribution in [2.45, 2.75) is 39.5 Å². The molecule has 0 spiro atoms. The fourth-order valence-corrected chi connectivity index (χ4v) is 1.16. The van der Waals surface area contributed by atoms with Crippen LogP contribution >= 0.6 is 0 Å². The summed E-state index contributed by atoms with van der Waals surface area (Å²) >= 11 is 0. The van der Waals surface area contributed by atoms with Gasteiger partial charge in [0.15, 0.2) is 0 Å². The molecule has 0 unspecified atom stereocenters. The number of aliphatic hydroxyl groups excluding tert-OH is 2. The minimum absolute atomic E-state index is 0.111. The lowest BCUT2D eigenvalue weighted by Gasteiger charge is -2.27. The predicted octanol–water partition coefficient (Wildman–Crippen LogP) is 2.07. The van der Waals surface area contributed by atoms with Crippen molar-refractivity contribution in [3.63, 3.8) is 0 Å². The minimum atomic E-state index is -0.981. The number of carboxylic acid groups (broad SMARTS) is 2. The van der Waals surface area contributed by atoms with Gasteiger partial charge in [0, 0.05) is 17.6 Å². The zero-order valence-electron chi connectivity index (χ0n) is 12.9. The van der Waals surface area contributed by atoms with Gasteiger partial charge >= 0.3 is 11.9 Å². The molecule has 6 heteroatoms. The van der Waals surface area contributed by atoms with Crippen LogP contribution < -0.4 is 0 Å². The highest BCUT2D eigenvalue weighted by molar-refractivity contribution is 5.79. The molecule has 0 aromatic heterocycles. The quantitative estimate of drug-likeness (QED) is 0.510. The second kappa shape index (κ2) is 16.4. The maximum atomic E-state index is 9.25. The molecule has 21 heavy (non-hydrogen) atoms. The van der Waals surface area contributed by atoms with Crippen LogP contribution in [0, 0.1) is 5.41 Å². The highest BCUT2D eigenvalue weighted by atomic mass is 16.4. The van der Waals surface area contributed by atoms with E-state index in [4.69, 9.17) is 20.4 Å². The van der Waals surface area contributed by atoms with E-state index in [1.54, 1.807) is 0 Å². The van der Waals surface area contributed by atoms with Crippen molar-refractivity contribution < 1.29 is 30.0 Å². The molecule has 0 atom stereocenters. The number of aliphatic carboxylic acids is 2. The van der Waals surface area contributed by atoms with Crippen LogP contribution in [0.3, 0.4) is 0 Å². The summed E-state index contributed by atoms with van der Waals surface area (Å²) in [6.45, 7) is 10.3. The van der Waals surface area contributed by atoms with Gasteiger partial charge in [-0.15, -0.1) is 0 Å². The van der Waals surface area contributed by atoms with Crippen molar-refractivity contribution in [3.05, 3.63) is 25.3 Å². The zero-order valence-corrected chi connectivity index (χ0v) is 12.9. The Morgan fingerprint density at radius 3 is 1.48 bits per heavy atom. The van der Waals surface area contributed by atoms with Gasteiger partial charge in [-0.1, -0.05) is 39.8 Å². The summed E-state index contributed by atoms with van der Waals surface area (Å²) in [5.74, 6) is -1.96. The van der Waals surface area contributed by atoms with Crippen molar-refractivity contribution in [2.24, 2.45) is 5.41 Å². The van der Waals surface area contributed by atoms with Crippen molar-refractivity contribution >= 4 is 11.9 Å². The highest BCUT2D eigenvalue weighted by Gasteiger charge is 2.25. The molecule has 4 N–H and O–H groups in total. The van der Waals surface area contributed by atoms with Crippen LogP contribution in [0.25, 0.3) is 0 Å². The van der Waals surface area contributed by atoms with E-state index in [-0.39, 0.29) is 18.6 Å². The Kier molecular flexibility index (Phi) is 19.0. The summed E-state index contributed by atoms with van der Waals surface area (Å²) in [6, 6.07) is 0. The van der Waals surface area contributed by atoms with Gasteiger partial charge in [0.25, 0.3) is 0 Å². The third-order valence-electron chi connectivity index (χ3n) is 2.83. The number of carboxylic acids is 2. The largest absolute Gasteiger partial charge is 0.478 e. The van der Waals surface area contributed by atoms with Gasteiger partial charge in [0.05, 0.1) is 13.2 Å². The van der Waals surface area contributed by atoms with E-state index in [0.717, 1.165) is 37.8 Å². The average molecular weight is 304 g/mol. The third kappa shape index (κ3) is 18.3. The van der Waals surface area contributed by atoms with Crippen LogP contribution in [0.1, 0.15) is 39.5 Å². The average Bonchev–Trinajstić information content (AvgIpc) is 2.50. The molecule has 0 rings (SSSR count). The summed E-state index contributed by atoms with van der Waals surface area (Å²) < 4.78 is 0. The molecule has 0 aliphatic rings. The first-order valence-corrected chi connectivity index (χ1v) is 6.71. The van der Waals surface area contributed by atoms with Gasteiger partial charge in [-0.3, -0.25) is 0 Å². The van der Waals surface area contributed by atoms with Gasteiger partial charge < -0.3 is 20.4 Å².